The van der Waals surface area contributed by atoms with Crippen molar-refractivity contribution < 1.29 is 4.79 Å². The van der Waals surface area contributed by atoms with Crippen LogP contribution < -0.4 is 10.6 Å². The topological polar surface area (TPSA) is 56.7 Å². The monoisotopic (exact) mass is 436 g/mol. The summed E-state index contributed by atoms with van der Waals surface area (Å²) < 4.78 is 0. The molecule has 1 atom stereocenters. The number of hydrogen-bond donors (Lipinski definition) is 2. The zero-order valence-electron chi connectivity index (χ0n) is 13.2. The van der Waals surface area contributed by atoms with Crippen LogP contribution in [0.3, 0.4) is 0 Å². The summed E-state index contributed by atoms with van der Waals surface area (Å²) >= 11 is 1.72. The van der Waals surface area contributed by atoms with E-state index in [0.717, 1.165) is 32.0 Å². The average Bonchev–Trinajstić information content (AvgIpc) is 3.15. The summed E-state index contributed by atoms with van der Waals surface area (Å²) in [6.07, 6.45) is 1.56. The highest BCUT2D eigenvalue weighted by atomic mass is 127. The number of hydrogen-bond acceptors (Lipinski definition) is 3. The number of amides is 1. The van der Waals surface area contributed by atoms with Gasteiger partial charge in [-0.1, -0.05) is 13.0 Å². The normalized spacial score (nSPS) is 18.0. The molecular formula is C15H25IN4OS. The molecule has 5 nitrogen and oxygen atoms in total. The maximum Gasteiger partial charge on any atom is 0.222 e. The van der Waals surface area contributed by atoms with Crippen LogP contribution >= 0.6 is 35.3 Å². The fraction of sp³-hybridized carbons (Fsp3) is 0.600. The molecule has 1 amide bonds. The van der Waals surface area contributed by atoms with Gasteiger partial charge in [0.05, 0.1) is 6.54 Å². The number of nitrogens with zero attached hydrogens (tertiary/aromatic N) is 2. The molecule has 1 unspecified atom stereocenters. The molecule has 124 valence electrons. The number of carbonyl (C=O) groups is 1. The summed E-state index contributed by atoms with van der Waals surface area (Å²) in [5, 5.41) is 8.77. The van der Waals surface area contributed by atoms with Gasteiger partial charge in [0.25, 0.3) is 0 Å². The summed E-state index contributed by atoms with van der Waals surface area (Å²) in [6, 6.07) is 4.43. The Balaban J connectivity index is 0.00000242. The Kier molecular flexibility index (Phi) is 8.77. The van der Waals surface area contributed by atoms with Gasteiger partial charge in [-0.25, -0.2) is 4.99 Å². The summed E-state index contributed by atoms with van der Waals surface area (Å²) in [4.78, 5) is 19.5. The third-order valence-corrected chi connectivity index (χ3v) is 4.36. The van der Waals surface area contributed by atoms with Gasteiger partial charge >= 0.3 is 0 Å². The molecule has 0 radical (unpaired) electrons. The Labute approximate surface area is 153 Å². The summed E-state index contributed by atoms with van der Waals surface area (Å²) in [7, 11) is 0. The third-order valence-electron chi connectivity index (χ3n) is 3.50. The second kappa shape index (κ2) is 10.0. The van der Waals surface area contributed by atoms with Crippen LogP contribution in [0.2, 0.25) is 0 Å². The van der Waals surface area contributed by atoms with Gasteiger partial charge in [0.15, 0.2) is 5.96 Å². The molecule has 1 aromatic heterocycles. The lowest BCUT2D eigenvalue weighted by molar-refractivity contribution is -0.129. The second-order valence-corrected chi connectivity index (χ2v) is 6.13. The number of thiophene rings is 1. The zero-order valence-corrected chi connectivity index (χ0v) is 16.3. The van der Waals surface area contributed by atoms with E-state index >= 15 is 0 Å². The fourth-order valence-corrected chi connectivity index (χ4v) is 3.03. The van der Waals surface area contributed by atoms with E-state index < -0.39 is 0 Å². The van der Waals surface area contributed by atoms with Gasteiger partial charge in [0.2, 0.25) is 5.91 Å². The van der Waals surface area contributed by atoms with Crippen LogP contribution in [0.25, 0.3) is 0 Å². The Morgan fingerprint density at radius 2 is 2.32 bits per heavy atom. The van der Waals surface area contributed by atoms with E-state index in [2.05, 4.69) is 34.0 Å². The molecule has 2 heterocycles. The molecular weight excluding hydrogens is 411 g/mol. The minimum atomic E-state index is 0. The first-order valence-electron chi connectivity index (χ1n) is 7.58. The molecule has 1 aliphatic heterocycles. The van der Waals surface area contributed by atoms with Gasteiger partial charge in [-0.15, -0.1) is 35.3 Å². The molecule has 2 rings (SSSR count). The van der Waals surface area contributed by atoms with Crippen molar-refractivity contribution in [1.29, 1.82) is 0 Å². The van der Waals surface area contributed by atoms with Gasteiger partial charge in [-0.3, -0.25) is 4.79 Å². The predicted molar refractivity (Wildman–Crippen MR) is 103 cm³/mol. The number of guanidine groups is 1. The van der Waals surface area contributed by atoms with Crippen LogP contribution in [0.5, 0.6) is 0 Å². The van der Waals surface area contributed by atoms with Crippen molar-refractivity contribution in [2.24, 2.45) is 4.99 Å². The Morgan fingerprint density at radius 3 is 2.95 bits per heavy atom. The lowest BCUT2D eigenvalue weighted by Crippen LogP contribution is -2.45. The van der Waals surface area contributed by atoms with Crippen molar-refractivity contribution in [3.63, 3.8) is 0 Å². The average molecular weight is 436 g/mol. The Bertz CT molecular complexity index is 478. The molecule has 0 bridgehead atoms. The highest BCUT2D eigenvalue weighted by Crippen LogP contribution is 2.11. The first-order valence-corrected chi connectivity index (χ1v) is 8.45. The van der Waals surface area contributed by atoms with E-state index in [4.69, 9.17) is 0 Å². The fourth-order valence-electron chi connectivity index (χ4n) is 2.40. The van der Waals surface area contributed by atoms with Crippen LogP contribution in [0.15, 0.2) is 22.5 Å². The SMILES string of the molecule is CCNC(=NCc1cccs1)NC1CCN(C(=O)CC)C1.I. The number of carbonyl (C=O) groups excluding carboxylic acids is 1. The third kappa shape index (κ3) is 5.75. The van der Waals surface area contributed by atoms with E-state index in [-0.39, 0.29) is 29.9 Å². The largest absolute Gasteiger partial charge is 0.357 e. The maximum absolute atomic E-state index is 11.7. The second-order valence-electron chi connectivity index (χ2n) is 5.10. The molecule has 2 N–H and O–H groups in total. The number of nitrogens with one attached hydrogen (secondary N) is 2. The smallest absolute Gasteiger partial charge is 0.222 e. The van der Waals surface area contributed by atoms with Crippen molar-refractivity contribution in [1.82, 2.24) is 15.5 Å². The molecule has 1 fully saturated rings. The number of rotatable bonds is 5. The van der Waals surface area contributed by atoms with Gasteiger partial charge in [-0.2, -0.15) is 0 Å². The van der Waals surface area contributed by atoms with Crippen molar-refractivity contribution in [2.75, 3.05) is 19.6 Å². The van der Waals surface area contributed by atoms with Crippen LogP contribution in [0, 0.1) is 0 Å². The van der Waals surface area contributed by atoms with E-state index in [1.54, 1.807) is 11.3 Å². The maximum atomic E-state index is 11.7. The quantitative estimate of drug-likeness (QED) is 0.424. The van der Waals surface area contributed by atoms with Crippen molar-refractivity contribution in [3.05, 3.63) is 22.4 Å². The van der Waals surface area contributed by atoms with Crippen molar-refractivity contribution in [2.45, 2.75) is 39.3 Å². The summed E-state index contributed by atoms with van der Waals surface area (Å²) in [5.41, 5.74) is 0. The highest BCUT2D eigenvalue weighted by Gasteiger charge is 2.25. The number of aliphatic imine (C=N–C) groups is 1. The predicted octanol–water partition coefficient (Wildman–Crippen LogP) is 2.43. The molecule has 1 saturated heterocycles. The molecule has 7 heteroatoms. The molecule has 1 aromatic rings. The number of halogens is 1. The van der Waals surface area contributed by atoms with Crippen LogP contribution in [0.4, 0.5) is 0 Å². The van der Waals surface area contributed by atoms with Gasteiger partial charge in [0, 0.05) is 37.0 Å². The summed E-state index contributed by atoms with van der Waals surface area (Å²) in [6.45, 7) is 7.11. The van der Waals surface area contributed by atoms with Crippen LogP contribution in [-0.2, 0) is 11.3 Å². The Hall–Kier alpha value is -0.830. The van der Waals surface area contributed by atoms with Gasteiger partial charge < -0.3 is 15.5 Å². The van der Waals surface area contributed by atoms with E-state index in [9.17, 15) is 4.79 Å². The molecule has 0 spiro atoms. The van der Waals surface area contributed by atoms with Gasteiger partial charge in [-0.05, 0) is 24.8 Å². The minimum Gasteiger partial charge on any atom is -0.357 e. The Morgan fingerprint density at radius 1 is 1.50 bits per heavy atom. The number of likely N-dealkylation sites (tertiary alicyclic amines) is 1. The molecule has 1 aliphatic rings. The van der Waals surface area contributed by atoms with Crippen molar-refractivity contribution in [3.8, 4) is 0 Å². The van der Waals surface area contributed by atoms with E-state index in [1.165, 1.54) is 4.88 Å². The van der Waals surface area contributed by atoms with Crippen molar-refractivity contribution >= 4 is 47.2 Å². The van der Waals surface area contributed by atoms with Crippen LogP contribution in [-0.4, -0.2) is 42.4 Å². The summed E-state index contributed by atoms with van der Waals surface area (Å²) in [5.74, 6) is 1.07. The first kappa shape index (κ1) is 19.2. The van der Waals surface area contributed by atoms with E-state index in [1.807, 2.05) is 17.9 Å². The minimum absolute atomic E-state index is 0. The zero-order chi connectivity index (χ0) is 15.1. The highest BCUT2D eigenvalue weighted by molar-refractivity contribution is 14.0. The lowest BCUT2D eigenvalue weighted by atomic mass is 10.3. The first-order chi connectivity index (χ1) is 10.2. The molecule has 0 aliphatic carbocycles. The molecule has 22 heavy (non-hydrogen) atoms. The van der Waals surface area contributed by atoms with E-state index in [0.29, 0.717) is 19.0 Å². The molecule has 0 saturated carbocycles. The van der Waals surface area contributed by atoms with Crippen LogP contribution in [0.1, 0.15) is 31.6 Å². The lowest BCUT2D eigenvalue weighted by Gasteiger charge is -2.18. The molecule has 0 aromatic carbocycles. The van der Waals surface area contributed by atoms with Gasteiger partial charge in [0.1, 0.15) is 0 Å². The standard InChI is InChI=1S/C15H24N4OS.HI/c1-3-14(20)19-8-7-12(11-19)18-15(16-4-2)17-10-13-6-5-9-21-13;/h5-6,9,12H,3-4,7-8,10-11H2,1-2H3,(H2,16,17,18);1H.